The number of rotatable bonds is 6. The number of aromatic nitrogens is 2. The van der Waals surface area contributed by atoms with Crippen molar-refractivity contribution >= 4 is 17.7 Å². The molecule has 122 valence electrons. The highest BCUT2D eigenvalue weighted by Gasteiger charge is 2.13. The zero-order valence-electron chi connectivity index (χ0n) is 12.8. The zero-order chi connectivity index (χ0) is 16.9. The van der Waals surface area contributed by atoms with Crippen LogP contribution in [0.3, 0.4) is 0 Å². The molecule has 0 amide bonds. The molecule has 0 aliphatic heterocycles. The van der Waals surface area contributed by atoms with Crippen LogP contribution in [0.15, 0.2) is 57.8 Å². The lowest BCUT2D eigenvalue weighted by Gasteiger charge is -2.03. The maximum atomic E-state index is 11.2. The van der Waals surface area contributed by atoms with Gasteiger partial charge in [0.2, 0.25) is 11.8 Å². The van der Waals surface area contributed by atoms with Crippen LogP contribution in [0.1, 0.15) is 16.2 Å². The summed E-state index contributed by atoms with van der Waals surface area (Å²) in [5.41, 5.74) is 1.06. The van der Waals surface area contributed by atoms with E-state index in [1.165, 1.54) is 11.8 Å². The van der Waals surface area contributed by atoms with E-state index in [4.69, 9.17) is 9.15 Å². The number of aromatic carboxylic acids is 1. The van der Waals surface area contributed by atoms with Crippen molar-refractivity contribution in [3.05, 3.63) is 60.0 Å². The second-order valence-corrected chi connectivity index (χ2v) is 5.84. The summed E-state index contributed by atoms with van der Waals surface area (Å²) in [5.74, 6) is 1.04. The number of hydrogen-bond acceptors (Lipinski definition) is 6. The minimum absolute atomic E-state index is 0.261. The lowest BCUT2D eigenvalue weighted by atomic mass is 10.2. The summed E-state index contributed by atoms with van der Waals surface area (Å²) in [6.45, 7) is 0. The Bertz CT molecular complexity index is 846. The Balaban J connectivity index is 1.71. The lowest BCUT2D eigenvalue weighted by Crippen LogP contribution is -1.98. The molecule has 0 spiro atoms. The Kier molecular flexibility index (Phi) is 4.81. The molecule has 0 atom stereocenters. The number of hydrogen-bond donors (Lipinski definition) is 1. The SMILES string of the molecule is COc1ccc(-c2nnc(CSc3ccccc3C(=O)O)o2)cc1. The van der Waals surface area contributed by atoms with Gasteiger partial charge in [0.25, 0.3) is 0 Å². The molecular formula is C17H14N2O4S. The smallest absolute Gasteiger partial charge is 0.336 e. The zero-order valence-corrected chi connectivity index (χ0v) is 13.6. The summed E-state index contributed by atoms with van der Waals surface area (Å²) < 4.78 is 10.7. The Labute approximate surface area is 142 Å². The van der Waals surface area contributed by atoms with Crippen molar-refractivity contribution in [2.45, 2.75) is 10.6 Å². The summed E-state index contributed by atoms with van der Waals surface area (Å²) in [6, 6.07) is 14.1. The van der Waals surface area contributed by atoms with Crippen LogP contribution in [-0.4, -0.2) is 28.4 Å². The van der Waals surface area contributed by atoms with Gasteiger partial charge < -0.3 is 14.3 Å². The number of carboxylic acids is 1. The van der Waals surface area contributed by atoms with Crippen molar-refractivity contribution in [3.63, 3.8) is 0 Å². The van der Waals surface area contributed by atoms with Crippen molar-refractivity contribution in [2.24, 2.45) is 0 Å². The van der Waals surface area contributed by atoms with E-state index in [2.05, 4.69) is 10.2 Å². The number of ether oxygens (including phenoxy) is 1. The third kappa shape index (κ3) is 3.57. The molecule has 0 saturated carbocycles. The van der Waals surface area contributed by atoms with Crippen molar-refractivity contribution in [1.29, 1.82) is 0 Å². The van der Waals surface area contributed by atoms with Crippen LogP contribution in [0, 0.1) is 0 Å². The first-order valence-corrected chi connectivity index (χ1v) is 8.08. The van der Waals surface area contributed by atoms with E-state index in [1.807, 2.05) is 24.3 Å². The van der Waals surface area contributed by atoms with E-state index in [-0.39, 0.29) is 5.56 Å². The minimum Gasteiger partial charge on any atom is -0.497 e. The third-order valence-corrected chi connectivity index (χ3v) is 4.33. The van der Waals surface area contributed by atoms with E-state index in [1.54, 1.807) is 31.4 Å². The fraction of sp³-hybridized carbons (Fsp3) is 0.118. The summed E-state index contributed by atoms with van der Waals surface area (Å²) >= 11 is 1.35. The van der Waals surface area contributed by atoms with E-state index >= 15 is 0 Å². The molecule has 0 aliphatic rings. The Hall–Kier alpha value is -2.80. The van der Waals surface area contributed by atoms with E-state index in [0.717, 1.165) is 11.3 Å². The second-order valence-electron chi connectivity index (χ2n) is 4.82. The molecule has 2 aromatic carbocycles. The lowest BCUT2D eigenvalue weighted by molar-refractivity contribution is 0.0693. The summed E-state index contributed by atoms with van der Waals surface area (Å²) in [7, 11) is 1.60. The van der Waals surface area contributed by atoms with Crippen LogP contribution in [0.4, 0.5) is 0 Å². The van der Waals surface area contributed by atoms with Crippen molar-refractivity contribution in [3.8, 4) is 17.2 Å². The number of methoxy groups -OCH3 is 1. The molecule has 0 aliphatic carbocycles. The molecule has 1 heterocycles. The maximum Gasteiger partial charge on any atom is 0.336 e. The third-order valence-electron chi connectivity index (χ3n) is 3.27. The van der Waals surface area contributed by atoms with Crippen LogP contribution >= 0.6 is 11.8 Å². The first kappa shape index (κ1) is 16.1. The van der Waals surface area contributed by atoms with Gasteiger partial charge in [-0.05, 0) is 36.4 Å². The molecular weight excluding hydrogens is 328 g/mol. The van der Waals surface area contributed by atoms with Crippen LogP contribution in [0.2, 0.25) is 0 Å². The average molecular weight is 342 g/mol. The van der Waals surface area contributed by atoms with E-state index in [0.29, 0.717) is 22.4 Å². The second kappa shape index (κ2) is 7.18. The maximum absolute atomic E-state index is 11.2. The van der Waals surface area contributed by atoms with Gasteiger partial charge >= 0.3 is 5.97 Å². The molecule has 6 nitrogen and oxygen atoms in total. The topological polar surface area (TPSA) is 85.5 Å². The van der Waals surface area contributed by atoms with Crippen molar-refractivity contribution in [2.75, 3.05) is 7.11 Å². The predicted octanol–water partition coefficient (Wildman–Crippen LogP) is 3.74. The highest BCUT2D eigenvalue weighted by Crippen LogP contribution is 2.27. The molecule has 1 N–H and O–H groups in total. The van der Waals surface area contributed by atoms with Crippen LogP contribution in [0.5, 0.6) is 5.75 Å². The summed E-state index contributed by atoms with van der Waals surface area (Å²) in [5, 5.41) is 17.2. The largest absolute Gasteiger partial charge is 0.497 e. The van der Waals surface area contributed by atoms with Gasteiger partial charge in [-0.2, -0.15) is 0 Å². The fourth-order valence-electron chi connectivity index (χ4n) is 2.07. The molecule has 0 unspecified atom stereocenters. The number of benzene rings is 2. The minimum atomic E-state index is -0.956. The summed E-state index contributed by atoms with van der Waals surface area (Å²) in [4.78, 5) is 11.9. The first-order chi connectivity index (χ1) is 11.7. The van der Waals surface area contributed by atoms with Gasteiger partial charge in [-0.1, -0.05) is 12.1 Å². The molecule has 3 aromatic rings. The van der Waals surface area contributed by atoms with E-state index in [9.17, 15) is 9.90 Å². The highest BCUT2D eigenvalue weighted by molar-refractivity contribution is 7.98. The van der Waals surface area contributed by atoms with Gasteiger partial charge in [0, 0.05) is 10.5 Å². The van der Waals surface area contributed by atoms with Gasteiger partial charge in [-0.15, -0.1) is 22.0 Å². The van der Waals surface area contributed by atoms with Crippen LogP contribution in [-0.2, 0) is 5.75 Å². The highest BCUT2D eigenvalue weighted by atomic mass is 32.2. The number of nitrogens with zero attached hydrogens (tertiary/aromatic N) is 2. The molecule has 0 fully saturated rings. The molecule has 1 aromatic heterocycles. The van der Waals surface area contributed by atoms with Crippen molar-refractivity contribution in [1.82, 2.24) is 10.2 Å². The molecule has 3 rings (SSSR count). The normalized spacial score (nSPS) is 10.5. The number of thioether (sulfide) groups is 1. The van der Waals surface area contributed by atoms with Gasteiger partial charge in [0.15, 0.2) is 0 Å². The molecule has 0 saturated heterocycles. The molecule has 24 heavy (non-hydrogen) atoms. The first-order valence-electron chi connectivity index (χ1n) is 7.09. The Morgan fingerprint density at radius 3 is 2.62 bits per heavy atom. The predicted molar refractivity (Wildman–Crippen MR) is 89.2 cm³/mol. The monoisotopic (exact) mass is 342 g/mol. The standard InChI is InChI=1S/C17H14N2O4S/c1-22-12-8-6-11(7-9-12)16-19-18-15(23-16)10-24-14-5-3-2-4-13(14)17(20)21/h2-9H,10H2,1H3,(H,20,21). The van der Waals surface area contributed by atoms with Crippen LogP contribution < -0.4 is 4.74 Å². The average Bonchev–Trinajstić information content (AvgIpc) is 3.09. The summed E-state index contributed by atoms with van der Waals surface area (Å²) in [6.07, 6.45) is 0. The quantitative estimate of drug-likeness (QED) is 0.683. The number of carbonyl (C=O) groups is 1. The molecule has 7 heteroatoms. The molecule has 0 radical (unpaired) electrons. The van der Waals surface area contributed by atoms with Gasteiger partial charge in [0.05, 0.1) is 18.4 Å². The van der Waals surface area contributed by atoms with Crippen molar-refractivity contribution < 1.29 is 19.1 Å². The van der Waals surface area contributed by atoms with Gasteiger partial charge in [-0.25, -0.2) is 4.79 Å². The molecule has 0 bridgehead atoms. The van der Waals surface area contributed by atoms with Gasteiger partial charge in [-0.3, -0.25) is 0 Å². The van der Waals surface area contributed by atoms with E-state index < -0.39 is 5.97 Å². The Morgan fingerprint density at radius 1 is 1.17 bits per heavy atom. The Morgan fingerprint density at radius 2 is 1.92 bits per heavy atom. The van der Waals surface area contributed by atoms with Crippen LogP contribution in [0.25, 0.3) is 11.5 Å². The fourth-order valence-corrected chi connectivity index (χ4v) is 2.95. The van der Waals surface area contributed by atoms with Gasteiger partial charge in [0.1, 0.15) is 5.75 Å². The number of carboxylic acid groups (broad SMARTS) is 1.